The lowest BCUT2D eigenvalue weighted by Gasteiger charge is -2.32. The number of hydrogen-bond donors (Lipinski definition) is 1. The SMILES string of the molecule is O=C(Nc1cnn(CC(=O)N2CCC[C@H](OCc3cccnc3)C2)c1)c1ccc2c(c1)OCO2. The molecule has 0 aliphatic carbocycles. The summed E-state index contributed by atoms with van der Waals surface area (Å²) in [5.41, 5.74) is 1.96. The molecule has 2 aliphatic rings. The smallest absolute Gasteiger partial charge is 0.255 e. The lowest BCUT2D eigenvalue weighted by molar-refractivity contribution is -0.136. The van der Waals surface area contributed by atoms with Gasteiger partial charge in [-0.15, -0.1) is 0 Å². The lowest BCUT2D eigenvalue weighted by Crippen LogP contribution is -2.44. The number of nitrogens with one attached hydrogen (secondary N) is 1. The number of piperidine rings is 1. The number of fused-ring (bicyclic) bond motifs is 1. The minimum absolute atomic E-state index is 0.00734. The molecule has 3 aromatic rings. The van der Waals surface area contributed by atoms with Gasteiger partial charge in [-0.1, -0.05) is 6.07 Å². The molecular weight excluding hydrogens is 438 g/mol. The van der Waals surface area contributed by atoms with E-state index in [1.807, 2.05) is 17.0 Å². The maximum absolute atomic E-state index is 12.8. The van der Waals surface area contributed by atoms with Gasteiger partial charge in [-0.25, -0.2) is 0 Å². The van der Waals surface area contributed by atoms with Crippen LogP contribution in [0.4, 0.5) is 5.69 Å². The summed E-state index contributed by atoms with van der Waals surface area (Å²) in [6, 6.07) is 8.85. The van der Waals surface area contributed by atoms with Crippen molar-refractivity contribution in [3.05, 3.63) is 66.2 Å². The number of carbonyl (C=O) groups excluding carboxylic acids is 2. The van der Waals surface area contributed by atoms with Gasteiger partial charge in [-0.05, 0) is 42.7 Å². The second kappa shape index (κ2) is 9.92. The Morgan fingerprint density at radius 1 is 1.18 bits per heavy atom. The second-order valence-electron chi connectivity index (χ2n) is 8.23. The van der Waals surface area contributed by atoms with Crippen molar-refractivity contribution in [2.45, 2.75) is 32.1 Å². The summed E-state index contributed by atoms with van der Waals surface area (Å²) in [4.78, 5) is 31.3. The lowest BCUT2D eigenvalue weighted by atomic mass is 10.1. The van der Waals surface area contributed by atoms with Gasteiger partial charge in [0.25, 0.3) is 5.91 Å². The fraction of sp³-hybridized carbons (Fsp3) is 0.333. The fourth-order valence-corrected chi connectivity index (χ4v) is 3.99. The van der Waals surface area contributed by atoms with Crippen molar-refractivity contribution >= 4 is 17.5 Å². The monoisotopic (exact) mass is 463 g/mol. The van der Waals surface area contributed by atoms with Gasteiger partial charge in [0.2, 0.25) is 12.7 Å². The molecule has 2 aromatic heterocycles. The first-order chi connectivity index (χ1) is 16.6. The van der Waals surface area contributed by atoms with Gasteiger partial charge in [-0.3, -0.25) is 19.3 Å². The molecule has 0 radical (unpaired) electrons. The molecule has 4 heterocycles. The molecule has 34 heavy (non-hydrogen) atoms. The fourth-order valence-electron chi connectivity index (χ4n) is 3.99. The summed E-state index contributed by atoms with van der Waals surface area (Å²) in [5, 5.41) is 7.02. The summed E-state index contributed by atoms with van der Waals surface area (Å²) in [7, 11) is 0. The van der Waals surface area contributed by atoms with Gasteiger partial charge >= 0.3 is 0 Å². The minimum Gasteiger partial charge on any atom is -0.454 e. The number of carbonyl (C=O) groups is 2. The Labute approximate surface area is 196 Å². The van der Waals surface area contributed by atoms with Gasteiger partial charge in [0, 0.05) is 37.2 Å². The molecule has 10 nitrogen and oxygen atoms in total. The summed E-state index contributed by atoms with van der Waals surface area (Å²) < 4.78 is 18.1. The van der Waals surface area contributed by atoms with Crippen LogP contribution in [-0.4, -0.2) is 57.5 Å². The van der Waals surface area contributed by atoms with Crippen molar-refractivity contribution in [2.24, 2.45) is 0 Å². The maximum atomic E-state index is 12.8. The molecule has 0 bridgehead atoms. The highest BCUT2D eigenvalue weighted by Gasteiger charge is 2.24. The van der Waals surface area contributed by atoms with Crippen LogP contribution < -0.4 is 14.8 Å². The van der Waals surface area contributed by atoms with Gasteiger partial charge in [0.05, 0.1) is 24.6 Å². The van der Waals surface area contributed by atoms with Crippen molar-refractivity contribution in [3.8, 4) is 11.5 Å². The number of anilines is 1. The normalized spacial score (nSPS) is 16.9. The molecule has 1 N–H and O–H groups in total. The van der Waals surface area contributed by atoms with E-state index in [1.165, 1.54) is 10.9 Å². The molecule has 2 amide bonds. The van der Waals surface area contributed by atoms with E-state index in [1.54, 1.807) is 36.8 Å². The molecule has 2 aliphatic heterocycles. The van der Waals surface area contributed by atoms with Crippen molar-refractivity contribution in [3.63, 3.8) is 0 Å². The average Bonchev–Trinajstić information content (AvgIpc) is 3.52. The van der Waals surface area contributed by atoms with Crippen molar-refractivity contribution in [2.75, 3.05) is 25.2 Å². The summed E-state index contributed by atoms with van der Waals surface area (Å²) in [6.45, 7) is 1.96. The zero-order valence-corrected chi connectivity index (χ0v) is 18.6. The Bertz CT molecular complexity index is 1170. The summed E-state index contributed by atoms with van der Waals surface area (Å²) in [6.07, 6.45) is 8.48. The molecule has 176 valence electrons. The Balaban J connectivity index is 1.12. The number of nitrogens with zero attached hydrogens (tertiary/aromatic N) is 4. The highest BCUT2D eigenvalue weighted by Crippen LogP contribution is 2.32. The van der Waals surface area contributed by atoms with Gasteiger partial charge in [-0.2, -0.15) is 5.10 Å². The number of rotatable bonds is 7. The zero-order chi connectivity index (χ0) is 23.3. The van der Waals surface area contributed by atoms with Crippen LogP contribution in [0.1, 0.15) is 28.8 Å². The Morgan fingerprint density at radius 2 is 2.09 bits per heavy atom. The van der Waals surface area contributed by atoms with Gasteiger partial charge in [0.15, 0.2) is 11.5 Å². The molecule has 1 saturated heterocycles. The van der Waals surface area contributed by atoms with Gasteiger partial charge < -0.3 is 24.4 Å². The predicted octanol–water partition coefficient (Wildman–Crippen LogP) is 2.47. The van der Waals surface area contributed by atoms with E-state index >= 15 is 0 Å². The van der Waals surface area contributed by atoms with Crippen LogP contribution >= 0.6 is 0 Å². The number of pyridine rings is 1. The Kier molecular flexibility index (Phi) is 6.39. The second-order valence-corrected chi connectivity index (χ2v) is 8.23. The third-order valence-electron chi connectivity index (χ3n) is 5.76. The number of aromatic nitrogens is 3. The first-order valence-electron chi connectivity index (χ1n) is 11.2. The van der Waals surface area contributed by atoms with E-state index in [2.05, 4.69) is 15.4 Å². The van der Waals surface area contributed by atoms with E-state index in [0.29, 0.717) is 42.4 Å². The Morgan fingerprint density at radius 3 is 2.97 bits per heavy atom. The highest BCUT2D eigenvalue weighted by atomic mass is 16.7. The number of likely N-dealkylation sites (tertiary alicyclic amines) is 1. The molecule has 1 atom stereocenters. The Hall–Kier alpha value is -3.92. The molecule has 1 fully saturated rings. The average molecular weight is 463 g/mol. The van der Waals surface area contributed by atoms with Crippen LogP contribution in [0.3, 0.4) is 0 Å². The van der Waals surface area contributed by atoms with Crippen LogP contribution in [0.2, 0.25) is 0 Å². The third kappa shape index (κ3) is 5.18. The topological polar surface area (TPSA) is 108 Å². The number of ether oxygens (including phenoxy) is 3. The van der Waals surface area contributed by atoms with E-state index in [9.17, 15) is 9.59 Å². The van der Waals surface area contributed by atoms with Crippen LogP contribution in [-0.2, 0) is 22.7 Å². The first kappa shape index (κ1) is 21.9. The van der Waals surface area contributed by atoms with Crippen LogP contribution in [0.15, 0.2) is 55.1 Å². The van der Waals surface area contributed by atoms with E-state index in [-0.39, 0.29) is 31.3 Å². The summed E-state index contributed by atoms with van der Waals surface area (Å²) in [5.74, 6) is 0.823. The van der Waals surface area contributed by atoms with Crippen LogP contribution in [0.5, 0.6) is 11.5 Å². The molecule has 10 heteroatoms. The summed E-state index contributed by atoms with van der Waals surface area (Å²) >= 11 is 0. The largest absolute Gasteiger partial charge is 0.454 e. The zero-order valence-electron chi connectivity index (χ0n) is 18.6. The maximum Gasteiger partial charge on any atom is 0.255 e. The first-order valence-corrected chi connectivity index (χ1v) is 11.2. The number of hydrogen-bond acceptors (Lipinski definition) is 7. The molecule has 1 aromatic carbocycles. The van der Waals surface area contributed by atoms with E-state index < -0.39 is 0 Å². The van der Waals surface area contributed by atoms with Crippen molar-refractivity contribution in [1.29, 1.82) is 0 Å². The van der Waals surface area contributed by atoms with Crippen molar-refractivity contribution < 1.29 is 23.8 Å². The number of amides is 2. The van der Waals surface area contributed by atoms with Gasteiger partial charge in [0.1, 0.15) is 6.54 Å². The molecule has 5 rings (SSSR count). The standard InChI is InChI=1S/C24H25N5O5/c30-23(28-8-2-4-20(13-28)32-15-17-3-1-7-25-10-17)14-29-12-19(11-26-29)27-24(31)18-5-6-21-22(9-18)34-16-33-21/h1,3,5-7,9-12,20H,2,4,8,13-16H2,(H,27,31)/t20-/m0/s1. The van der Waals surface area contributed by atoms with Crippen LogP contribution in [0.25, 0.3) is 0 Å². The molecule has 0 unspecified atom stereocenters. The van der Waals surface area contributed by atoms with E-state index in [0.717, 1.165) is 18.4 Å². The van der Waals surface area contributed by atoms with E-state index in [4.69, 9.17) is 14.2 Å². The van der Waals surface area contributed by atoms with Crippen molar-refractivity contribution in [1.82, 2.24) is 19.7 Å². The highest BCUT2D eigenvalue weighted by molar-refractivity contribution is 6.04. The predicted molar refractivity (Wildman–Crippen MR) is 121 cm³/mol. The number of benzene rings is 1. The third-order valence-corrected chi connectivity index (χ3v) is 5.76. The quantitative estimate of drug-likeness (QED) is 0.573. The molecule has 0 saturated carbocycles. The molecule has 0 spiro atoms. The molecular formula is C24H25N5O5. The minimum atomic E-state index is -0.297. The van der Waals surface area contributed by atoms with Crippen LogP contribution in [0, 0.1) is 0 Å².